The van der Waals surface area contributed by atoms with Gasteiger partial charge in [0.05, 0.1) is 5.69 Å². The monoisotopic (exact) mass is 233 g/mol. The van der Waals surface area contributed by atoms with Crippen molar-refractivity contribution in [2.75, 3.05) is 17.3 Å². The summed E-state index contributed by atoms with van der Waals surface area (Å²) < 4.78 is 12.9. The van der Waals surface area contributed by atoms with Crippen molar-refractivity contribution in [3.8, 4) is 0 Å². The lowest BCUT2D eigenvalue weighted by atomic mass is 10.3. The van der Waals surface area contributed by atoms with Gasteiger partial charge in [-0.1, -0.05) is 6.07 Å². The molecule has 0 atom stereocenters. The Morgan fingerprint density at radius 3 is 2.88 bits per heavy atom. The Bertz CT molecular complexity index is 510. The first kappa shape index (κ1) is 11.2. The van der Waals surface area contributed by atoms with Crippen molar-refractivity contribution in [1.29, 1.82) is 0 Å². The molecule has 1 heterocycles. The van der Waals surface area contributed by atoms with Gasteiger partial charge in [-0.25, -0.2) is 9.18 Å². The highest BCUT2D eigenvalue weighted by molar-refractivity contribution is 6.01. The van der Waals surface area contributed by atoms with Gasteiger partial charge in [0.2, 0.25) is 0 Å². The fourth-order valence-corrected chi connectivity index (χ4v) is 1.41. The van der Waals surface area contributed by atoms with Crippen molar-refractivity contribution in [2.45, 2.75) is 0 Å². The summed E-state index contributed by atoms with van der Waals surface area (Å²) in [5, 5.41) is 2.60. The predicted octanol–water partition coefficient (Wildman–Crippen LogP) is 2.82. The zero-order valence-electron chi connectivity index (χ0n) is 9.27. The first-order valence-electron chi connectivity index (χ1n) is 5.10. The lowest BCUT2D eigenvalue weighted by Gasteiger charge is -2.16. The van der Waals surface area contributed by atoms with E-state index >= 15 is 0 Å². The van der Waals surface area contributed by atoms with Crippen LogP contribution in [0.25, 0.3) is 0 Å². The van der Waals surface area contributed by atoms with Crippen LogP contribution in [-0.2, 0) is 0 Å². The number of nitrogens with one attached hydrogen (secondary N) is 2. The summed E-state index contributed by atoms with van der Waals surface area (Å²) >= 11 is 0. The number of hydrogen-bond acceptors (Lipinski definition) is 1. The molecule has 0 aliphatic heterocycles. The van der Waals surface area contributed by atoms with E-state index in [0.29, 0.717) is 5.69 Å². The lowest BCUT2D eigenvalue weighted by molar-refractivity contribution is 0.258. The minimum atomic E-state index is -0.382. The first-order valence-corrected chi connectivity index (χ1v) is 5.10. The quantitative estimate of drug-likeness (QED) is 0.823. The highest BCUT2D eigenvalue weighted by Crippen LogP contribution is 2.14. The largest absolute Gasteiger partial charge is 0.366 e. The smallest absolute Gasteiger partial charge is 0.326 e. The number of urea groups is 1. The molecule has 0 fully saturated rings. The molecule has 2 N–H and O–H groups in total. The summed E-state index contributed by atoms with van der Waals surface area (Å²) in [7, 11) is 1.64. The topological polar surface area (TPSA) is 48.1 Å². The van der Waals surface area contributed by atoms with Crippen molar-refractivity contribution in [3.05, 3.63) is 48.5 Å². The van der Waals surface area contributed by atoms with E-state index in [2.05, 4.69) is 10.3 Å². The van der Waals surface area contributed by atoms with Crippen LogP contribution in [0.1, 0.15) is 0 Å². The molecule has 2 aromatic rings. The molecule has 0 aliphatic rings. The van der Waals surface area contributed by atoms with Gasteiger partial charge in [0.25, 0.3) is 0 Å². The Balaban J connectivity index is 2.07. The normalized spacial score (nSPS) is 10.0. The molecule has 0 bridgehead atoms. The number of carbonyl (C=O) groups is 1. The van der Waals surface area contributed by atoms with Crippen LogP contribution in [0.5, 0.6) is 0 Å². The lowest BCUT2D eigenvalue weighted by Crippen LogP contribution is -2.30. The maximum atomic E-state index is 12.9. The highest BCUT2D eigenvalue weighted by Gasteiger charge is 2.11. The second-order valence-corrected chi connectivity index (χ2v) is 3.57. The van der Waals surface area contributed by atoms with Gasteiger partial charge >= 0.3 is 6.03 Å². The molecule has 0 unspecified atom stereocenters. The van der Waals surface area contributed by atoms with Crippen molar-refractivity contribution < 1.29 is 9.18 Å². The van der Waals surface area contributed by atoms with Crippen LogP contribution in [0.4, 0.5) is 20.6 Å². The van der Waals surface area contributed by atoms with Crippen LogP contribution in [0.3, 0.4) is 0 Å². The van der Waals surface area contributed by atoms with Gasteiger partial charge in [-0.15, -0.1) is 0 Å². The van der Waals surface area contributed by atoms with Crippen LogP contribution in [0.2, 0.25) is 0 Å². The van der Waals surface area contributed by atoms with Gasteiger partial charge in [0.1, 0.15) is 5.82 Å². The molecule has 2 amide bonds. The standard InChI is InChI=1S/C12H12FN3O/c1-16(11-5-6-14-8-11)12(17)15-10-4-2-3-9(13)7-10/h2-8,14H,1H3,(H,15,17). The van der Waals surface area contributed by atoms with Gasteiger partial charge in [0.15, 0.2) is 0 Å². The molecule has 0 aliphatic carbocycles. The predicted molar refractivity (Wildman–Crippen MR) is 64.6 cm³/mol. The minimum Gasteiger partial charge on any atom is -0.366 e. The van der Waals surface area contributed by atoms with Crippen LogP contribution in [-0.4, -0.2) is 18.1 Å². The van der Waals surface area contributed by atoms with Gasteiger partial charge < -0.3 is 10.3 Å². The summed E-state index contributed by atoms with van der Waals surface area (Å²) in [5.74, 6) is -0.382. The van der Waals surface area contributed by atoms with Crippen LogP contribution in [0.15, 0.2) is 42.7 Å². The molecule has 2 rings (SSSR count). The molecule has 0 radical (unpaired) electrons. The molecule has 5 heteroatoms. The van der Waals surface area contributed by atoms with Crippen LogP contribution in [0, 0.1) is 5.82 Å². The molecule has 88 valence electrons. The Morgan fingerprint density at radius 2 is 2.24 bits per heavy atom. The Labute approximate surface area is 98.1 Å². The molecule has 0 saturated carbocycles. The fraction of sp³-hybridized carbons (Fsp3) is 0.0833. The first-order chi connectivity index (χ1) is 8.16. The molecule has 0 spiro atoms. The van der Waals surface area contributed by atoms with Gasteiger partial charge in [-0.05, 0) is 24.3 Å². The van der Waals surface area contributed by atoms with E-state index in [1.165, 1.54) is 17.0 Å². The molecule has 1 aromatic heterocycles. The van der Waals surface area contributed by atoms with Crippen molar-refractivity contribution in [1.82, 2.24) is 4.98 Å². The Morgan fingerprint density at radius 1 is 1.41 bits per heavy atom. The fourth-order valence-electron chi connectivity index (χ4n) is 1.41. The number of amides is 2. The minimum absolute atomic E-state index is 0.324. The van der Waals surface area contributed by atoms with Crippen molar-refractivity contribution >= 4 is 17.4 Å². The molecule has 4 nitrogen and oxygen atoms in total. The van der Waals surface area contributed by atoms with Crippen molar-refractivity contribution in [3.63, 3.8) is 0 Å². The van der Waals surface area contributed by atoms with E-state index in [4.69, 9.17) is 0 Å². The van der Waals surface area contributed by atoms with Gasteiger partial charge in [-0.2, -0.15) is 0 Å². The number of nitrogens with zero attached hydrogens (tertiary/aromatic N) is 1. The average Bonchev–Trinajstić information content (AvgIpc) is 2.81. The number of hydrogen-bond donors (Lipinski definition) is 2. The van der Waals surface area contributed by atoms with E-state index in [-0.39, 0.29) is 11.8 Å². The Kier molecular flexibility index (Phi) is 3.09. The summed E-state index contributed by atoms with van der Waals surface area (Å²) in [6, 6.07) is 7.21. The third-order valence-corrected chi connectivity index (χ3v) is 2.35. The third kappa shape index (κ3) is 2.63. The molecular formula is C12H12FN3O. The molecule has 17 heavy (non-hydrogen) atoms. The SMILES string of the molecule is CN(C(=O)Nc1cccc(F)c1)c1cc[nH]c1. The number of H-pyrrole nitrogens is 1. The number of aromatic amines is 1. The number of anilines is 2. The van der Waals surface area contributed by atoms with Gasteiger partial charge in [0, 0.05) is 25.1 Å². The third-order valence-electron chi connectivity index (χ3n) is 2.35. The number of halogens is 1. The zero-order valence-corrected chi connectivity index (χ0v) is 9.27. The summed E-state index contributed by atoms with van der Waals surface area (Å²) in [5.41, 5.74) is 1.16. The van der Waals surface area contributed by atoms with E-state index in [0.717, 1.165) is 5.69 Å². The maximum absolute atomic E-state index is 12.9. The summed E-state index contributed by atoms with van der Waals surface area (Å²) in [6.45, 7) is 0. The van der Waals surface area contributed by atoms with Crippen LogP contribution >= 0.6 is 0 Å². The van der Waals surface area contributed by atoms with E-state index < -0.39 is 0 Å². The summed E-state index contributed by atoms with van der Waals surface area (Å²) in [4.78, 5) is 16.1. The maximum Gasteiger partial charge on any atom is 0.326 e. The molecular weight excluding hydrogens is 221 g/mol. The average molecular weight is 233 g/mol. The summed E-state index contributed by atoms with van der Waals surface area (Å²) in [6.07, 6.45) is 3.42. The van der Waals surface area contributed by atoms with Crippen molar-refractivity contribution in [2.24, 2.45) is 0 Å². The number of benzene rings is 1. The zero-order chi connectivity index (χ0) is 12.3. The number of rotatable bonds is 2. The second-order valence-electron chi connectivity index (χ2n) is 3.57. The van der Waals surface area contributed by atoms with Crippen LogP contribution < -0.4 is 10.2 Å². The Hall–Kier alpha value is -2.30. The van der Waals surface area contributed by atoms with Gasteiger partial charge in [-0.3, -0.25) is 4.90 Å². The van der Waals surface area contributed by atoms with E-state index in [1.807, 2.05) is 0 Å². The van der Waals surface area contributed by atoms with E-state index in [9.17, 15) is 9.18 Å². The second kappa shape index (κ2) is 4.69. The number of aromatic nitrogens is 1. The number of carbonyl (C=O) groups excluding carboxylic acids is 1. The molecule has 0 saturated heterocycles. The molecule has 1 aromatic carbocycles. The highest BCUT2D eigenvalue weighted by atomic mass is 19.1. The van der Waals surface area contributed by atoms with E-state index in [1.54, 1.807) is 37.6 Å².